The highest BCUT2D eigenvalue weighted by Gasteiger charge is 2.30. The van der Waals surface area contributed by atoms with E-state index < -0.39 is 17.3 Å². The lowest BCUT2D eigenvalue weighted by atomic mass is 9.98. The zero-order valence-corrected chi connectivity index (χ0v) is 18.3. The Bertz CT molecular complexity index is 1610. The van der Waals surface area contributed by atoms with Crippen LogP contribution in [-0.2, 0) is 6.18 Å². The molecule has 0 saturated heterocycles. The minimum Gasteiger partial charge on any atom is -0.316 e. The first-order valence-electron chi connectivity index (χ1n) is 10.3. The smallest absolute Gasteiger partial charge is 0.316 e. The number of hydrogen-bond acceptors (Lipinski definition) is 3. The van der Waals surface area contributed by atoms with Crippen molar-refractivity contribution in [2.24, 2.45) is 0 Å². The number of rotatable bonds is 3. The molecule has 2 N–H and O–H groups in total. The van der Waals surface area contributed by atoms with Gasteiger partial charge in [0.05, 0.1) is 16.6 Å². The number of hydrogen-bond donors (Lipinski definition) is 2. The van der Waals surface area contributed by atoms with Gasteiger partial charge in [0.2, 0.25) is 0 Å². The first-order valence-corrected chi connectivity index (χ1v) is 10.7. The van der Waals surface area contributed by atoms with Crippen LogP contribution >= 0.6 is 12.2 Å². The summed E-state index contributed by atoms with van der Waals surface area (Å²) in [4.78, 5) is 22.7. The van der Waals surface area contributed by atoms with Crippen LogP contribution in [0.2, 0.25) is 0 Å². The highest BCUT2D eigenvalue weighted by Crippen LogP contribution is 2.34. The van der Waals surface area contributed by atoms with E-state index in [0.29, 0.717) is 16.8 Å². The molecule has 5 aromatic rings. The maximum Gasteiger partial charge on any atom is 0.416 e. The predicted octanol–water partition coefficient (Wildman–Crippen LogP) is 7.00. The summed E-state index contributed by atoms with van der Waals surface area (Å²) in [6.45, 7) is 0. The molecule has 0 aliphatic heterocycles. The number of benzene rings is 3. The number of aromatic nitrogens is 3. The molecule has 34 heavy (non-hydrogen) atoms. The van der Waals surface area contributed by atoms with Crippen molar-refractivity contribution in [3.05, 3.63) is 106 Å². The minimum absolute atomic E-state index is 0.111. The monoisotopic (exact) mass is 475 g/mol. The number of nitrogens with zero attached hydrogens (tertiary/aromatic N) is 1. The molecule has 0 fully saturated rings. The van der Waals surface area contributed by atoms with E-state index in [1.807, 2.05) is 54.6 Å². The molecular weight excluding hydrogens is 459 g/mol. The number of halogens is 3. The molecule has 0 aliphatic carbocycles. The highest BCUT2D eigenvalue weighted by molar-refractivity contribution is 7.71. The first-order chi connectivity index (χ1) is 16.3. The van der Waals surface area contributed by atoms with Crippen molar-refractivity contribution in [3.8, 4) is 33.5 Å². The number of fused-ring (bicyclic) bond motifs is 1. The van der Waals surface area contributed by atoms with Gasteiger partial charge in [-0.2, -0.15) is 13.2 Å². The number of aromatic amines is 2. The average molecular weight is 475 g/mol. The zero-order valence-electron chi connectivity index (χ0n) is 17.5. The molecule has 0 saturated carbocycles. The van der Waals surface area contributed by atoms with Gasteiger partial charge in [-0.25, -0.2) is 4.98 Å². The highest BCUT2D eigenvalue weighted by atomic mass is 32.1. The van der Waals surface area contributed by atoms with E-state index in [2.05, 4.69) is 15.0 Å². The van der Waals surface area contributed by atoms with Gasteiger partial charge in [-0.05, 0) is 47.1 Å². The van der Waals surface area contributed by atoms with Gasteiger partial charge in [-0.1, -0.05) is 66.7 Å². The van der Waals surface area contributed by atoms with E-state index in [1.165, 1.54) is 12.1 Å². The van der Waals surface area contributed by atoms with E-state index in [4.69, 9.17) is 12.2 Å². The molecule has 168 valence electrons. The average Bonchev–Trinajstić information content (AvgIpc) is 2.83. The van der Waals surface area contributed by atoms with Crippen LogP contribution in [0.1, 0.15) is 5.56 Å². The Morgan fingerprint density at radius 3 is 1.97 bits per heavy atom. The van der Waals surface area contributed by atoms with Gasteiger partial charge < -0.3 is 4.98 Å². The lowest BCUT2D eigenvalue weighted by molar-refractivity contribution is -0.137. The Hall–Kier alpha value is -4.04. The van der Waals surface area contributed by atoms with Crippen molar-refractivity contribution >= 4 is 23.3 Å². The standard InChI is InChI=1S/C26H16F3N3OS/c27-26(28,29)19-12-10-17(11-13-19)20-14-21(30-23-22(20)24(33)32-25(34)31-23)18-8-6-16(7-9-18)15-4-2-1-3-5-15/h1-14H,(H2,30,31,32,33,34). The van der Waals surface area contributed by atoms with Crippen molar-refractivity contribution in [3.63, 3.8) is 0 Å². The van der Waals surface area contributed by atoms with Crippen LogP contribution in [0, 0.1) is 4.77 Å². The Kier molecular flexibility index (Phi) is 5.37. The van der Waals surface area contributed by atoms with Crippen molar-refractivity contribution in [1.82, 2.24) is 15.0 Å². The second kappa shape index (κ2) is 8.39. The topological polar surface area (TPSA) is 61.5 Å². The molecule has 0 unspecified atom stereocenters. The van der Waals surface area contributed by atoms with Crippen molar-refractivity contribution in [2.45, 2.75) is 6.18 Å². The minimum atomic E-state index is -4.45. The molecule has 4 nitrogen and oxygen atoms in total. The van der Waals surface area contributed by atoms with Crippen molar-refractivity contribution < 1.29 is 13.2 Å². The normalized spacial score (nSPS) is 11.6. The first kappa shape index (κ1) is 21.8. The second-order valence-electron chi connectivity index (χ2n) is 7.71. The fourth-order valence-corrected chi connectivity index (χ4v) is 4.04. The number of alkyl halides is 3. The molecule has 8 heteroatoms. The summed E-state index contributed by atoms with van der Waals surface area (Å²) >= 11 is 5.10. The van der Waals surface area contributed by atoms with Gasteiger partial charge >= 0.3 is 6.18 Å². The van der Waals surface area contributed by atoms with Crippen LogP contribution in [0.15, 0.2) is 89.7 Å². The molecule has 0 spiro atoms. The summed E-state index contributed by atoms with van der Waals surface area (Å²) < 4.78 is 39.2. The van der Waals surface area contributed by atoms with Gasteiger partial charge in [-0.15, -0.1) is 0 Å². The molecule has 2 aromatic heterocycles. The third-order valence-electron chi connectivity index (χ3n) is 5.52. The SMILES string of the molecule is O=c1[nH]c(=S)[nH]c2nc(-c3ccc(-c4ccccc4)cc3)cc(-c3ccc(C(F)(F)F)cc3)c12. The Morgan fingerprint density at radius 1 is 0.735 bits per heavy atom. The lowest BCUT2D eigenvalue weighted by Gasteiger charge is -2.12. The van der Waals surface area contributed by atoms with Crippen LogP contribution in [0.5, 0.6) is 0 Å². The molecule has 5 rings (SSSR count). The summed E-state index contributed by atoms with van der Waals surface area (Å²) in [6.07, 6.45) is -4.45. The second-order valence-corrected chi connectivity index (χ2v) is 8.11. The van der Waals surface area contributed by atoms with E-state index in [-0.39, 0.29) is 15.8 Å². The summed E-state index contributed by atoms with van der Waals surface area (Å²) in [5.41, 5.74) is 3.38. The van der Waals surface area contributed by atoms with Gasteiger partial charge in [0.1, 0.15) is 5.65 Å². The third-order valence-corrected chi connectivity index (χ3v) is 5.72. The predicted molar refractivity (Wildman–Crippen MR) is 129 cm³/mol. The molecule has 0 bridgehead atoms. The number of H-pyrrole nitrogens is 2. The quantitative estimate of drug-likeness (QED) is 0.276. The summed E-state index contributed by atoms with van der Waals surface area (Å²) in [5, 5.41) is 0.220. The number of nitrogens with one attached hydrogen (secondary N) is 2. The third kappa shape index (κ3) is 4.15. The van der Waals surface area contributed by atoms with Gasteiger partial charge in [0.25, 0.3) is 5.56 Å². The van der Waals surface area contributed by atoms with E-state index in [1.54, 1.807) is 6.07 Å². The molecule has 0 radical (unpaired) electrons. The molecular formula is C26H16F3N3OS. The van der Waals surface area contributed by atoms with Crippen molar-refractivity contribution in [1.29, 1.82) is 0 Å². The molecule has 2 heterocycles. The van der Waals surface area contributed by atoms with E-state index in [0.717, 1.165) is 28.8 Å². The van der Waals surface area contributed by atoms with E-state index in [9.17, 15) is 18.0 Å². The van der Waals surface area contributed by atoms with Crippen LogP contribution in [-0.4, -0.2) is 15.0 Å². The molecule has 0 atom stereocenters. The maximum atomic E-state index is 13.0. The van der Waals surface area contributed by atoms with Crippen LogP contribution in [0.25, 0.3) is 44.5 Å². The fraction of sp³-hybridized carbons (Fsp3) is 0.0385. The van der Waals surface area contributed by atoms with Gasteiger partial charge in [0, 0.05) is 11.1 Å². The van der Waals surface area contributed by atoms with Crippen LogP contribution < -0.4 is 5.56 Å². The summed E-state index contributed by atoms with van der Waals surface area (Å²) in [5.74, 6) is 0. The molecule has 0 amide bonds. The lowest BCUT2D eigenvalue weighted by Crippen LogP contribution is -2.11. The Morgan fingerprint density at radius 2 is 1.32 bits per heavy atom. The van der Waals surface area contributed by atoms with E-state index >= 15 is 0 Å². The molecule has 3 aromatic carbocycles. The Labute approximate surface area is 196 Å². The van der Waals surface area contributed by atoms with Gasteiger partial charge in [0.15, 0.2) is 4.77 Å². The summed E-state index contributed by atoms with van der Waals surface area (Å²) in [7, 11) is 0. The maximum absolute atomic E-state index is 13.0. The largest absolute Gasteiger partial charge is 0.416 e. The van der Waals surface area contributed by atoms with Crippen LogP contribution in [0.3, 0.4) is 0 Å². The summed E-state index contributed by atoms with van der Waals surface area (Å²) in [6, 6.07) is 24.0. The number of pyridine rings is 1. The van der Waals surface area contributed by atoms with Crippen LogP contribution in [0.4, 0.5) is 13.2 Å². The zero-order chi connectivity index (χ0) is 23.9. The van der Waals surface area contributed by atoms with Crippen molar-refractivity contribution in [2.75, 3.05) is 0 Å². The fourth-order valence-electron chi connectivity index (χ4n) is 3.85. The van der Waals surface area contributed by atoms with Gasteiger partial charge in [-0.3, -0.25) is 9.78 Å². The molecule has 0 aliphatic rings. The Balaban J connectivity index is 1.67.